The fourth-order valence-electron chi connectivity index (χ4n) is 3.93. The van der Waals surface area contributed by atoms with Crippen molar-refractivity contribution in [1.29, 1.82) is 0 Å². The molecule has 39 heavy (non-hydrogen) atoms. The first-order valence-corrected chi connectivity index (χ1v) is 13.9. The van der Waals surface area contributed by atoms with E-state index in [1.165, 1.54) is 35.8 Å². The molecule has 4 rings (SSSR count). The van der Waals surface area contributed by atoms with Crippen LogP contribution in [-0.2, 0) is 17.1 Å². The molecule has 4 aromatic rings. The number of hydrogen-bond donors (Lipinski definition) is 2. The van der Waals surface area contributed by atoms with E-state index >= 15 is 0 Å². The van der Waals surface area contributed by atoms with Crippen LogP contribution >= 0.6 is 22.7 Å². The molecule has 0 atom stereocenters. The summed E-state index contributed by atoms with van der Waals surface area (Å²) in [7, 11) is 1.51. The van der Waals surface area contributed by atoms with E-state index in [2.05, 4.69) is 24.1 Å². The summed E-state index contributed by atoms with van der Waals surface area (Å²) in [6.45, 7) is 5.36. The van der Waals surface area contributed by atoms with Gasteiger partial charge >= 0.3 is 5.97 Å². The quantitative estimate of drug-likeness (QED) is 0.168. The number of rotatable bonds is 12. The minimum atomic E-state index is -3.09. The number of hydrogen-bond acceptors (Lipinski definition) is 8. The van der Waals surface area contributed by atoms with Crippen molar-refractivity contribution in [2.45, 2.75) is 33.1 Å². The molecule has 0 saturated heterocycles. The van der Waals surface area contributed by atoms with Gasteiger partial charge in [0.15, 0.2) is 5.13 Å². The van der Waals surface area contributed by atoms with Crippen molar-refractivity contribution < 1.29 is 28.2 Å². The summed E-state index contributed by atoms with van der Waals surface area (Å²) in [5.74, 6) is -3.68. The number of anilines is 2. The predicted octanol–water partition coefficient (Wildman–Crippen LogP) is 7.71. The van der Waals surface area contributed by atoms with E-state index < -0.39 is 11.9 Å². The number of benzene rings is 1. The van der Waals surface area contributed by atoms with Crippen LogP contribution in [0.4, 0.5) is 19.7 Å². The van der Waals surface area contributed by atoms with E-state index in [1.54, 1.807) is 24.4 Å². The lowest BCUT2D eigenvalue weighted by Gasteiger charge is -2.17. The highest BCUT2D eigenvalue weighted by Crippen LogP contribution is 2.40. The number of methoxy groups -OCH3 is 1. The van der Waals surface area contributed by atoms with Crippen LogP contribution in [0.5, 0.6) is 5.75 Å². The molecular formula is C28H29F2N3O4S2. The monoisotopic (exact) mass is 573 g/mol. The van der Waals surface area contributed by atoms with Gasteiger partial charge in [0.1, 0.15) is 23.7 Å². The van der Waals surface area contributed by atoms with Crippen LogP contribution in [0.2, 0.25) is 0 Å². The molecule has 7 nitrogen and oxygen atoms in total. The summed E-state index contributed by atoms with van der Waals surface area (Å²) < 4.78 is 39.2. The molecule has 0 amide bonds. The van der Waals surface area contributed by atoms with Crippen molar-refractivity contribution in [2.75, 3.05) is 25.6 Å². The van der Waals surface area contributed by atoms with Gasteiger partial charge in [0.2, 0.25) is 0 Å². The van der Waals surface area contributed by atoms with Crippen molar-refractivity contribution in [1.82, 2.24) is 9.97 Å². The topological polar surface area (TPSA) is 93.6 Å². The molecule has 0 aliphatic carbocycles. The number of nitrogens with one attached hydrogen (secondary N) is 1. The second kappa shape index (κ2) is 12.2. The van der Waals surface area contributed by atoms with Gasteiger partial charge in [-0.15, -0.1) is 22.7 Å². The highest BCUT2D eigenvalue weighted by Gasteiger charge is 2.29. The normalized spacial score (nSPS) is 11.7. The minimum Gasteiger partial charge on any atom is -0.491 e. The van der Waals surface area contributed by atoms with Gasteiger partial charge in [-0.2, -0.15) is 0 Å². The Bertz CT molecular complexity index is 1430. The van der Waals surface area contributed by atoms with Gasteiger partial charge in [-0.3, -0.25) is 0 Å². The van der Waals surface area contributed by atoms with Gasteiger partial charge in [0.05, 0.1) is 17.9 Å². The Labute approximate surface area is 233 Å². The third-order valence-electron chi connectivity index (χ3n) is 5.71. The second-order valence-corrected chi connectivity index (χ2v) is 11.4. The summed E-state index contributed by atoms with van der Waals surface area (Å²) in [4.78, 5) is 23.0. The molecule has 0 bridgehead atoms. The number of thiophene rings is 1. The molecule has 0 radical (unpaired) electrons. The van der Waals surface area contributed by atoms with Gasteiger partial charge in [-0.05, 0) is 42.0 Å². The van der Waals surface area contributed by atoms with Crippen LogP contribution in [0.3, 0.4) is 0 Å². The Morgan fingerprint density at radius 1 is 1.18 bits per heavy atom. The number of carboxylic acids is 1. The number of ether oxygens (including phenoxy) is 2. The highest BCUT2D eigenvalue weighted by atomic mass is 32.1. The lowest BCUT2D eigenvalue weighted by molar-refractivity contribution is 0.0138. The van der Waals surface area contributed by atoms with Gasteiger partial charge in [0, 0.05) is 41.1 Å². The standard InChI is InChI=1S/C28H29F2N3O4S2/c1-16(2)12-23-24(17-7-8-20(28(3,29)30)21(14-17)37-10-9-36-4)32-27(39-23)33-25-19(26(34)35)13-18(15-31-25)22-6-5-11-38-22/h5-8,11,13-16H,9-10,12H2,1-4H3,(H,34,35)(H,31,32,33). The zero-order chi connectivity index (χ0) is 28.2. The number of halogens is 2. The zero-order valence-electron chi connectivity index (χ0n) is 22.0. The fraction of sp³-hybridized carbons (Fsp3) is 0.321. The SMILES string of the molecule is COCCOc1cc(-c2nc(Nc3ncc(-c4cccs4)cc3C(=O)O)sc2CC(C)C)ccc1C(C)(F)F. The number of aromatic nitrogens is 2. The van der Waals surface area contributed by atoms with E-state index in [0.29, 0.717) is 34.3 Å². The summed E-state index contributed by atoms with van der Waals surface area (Å²) in [6, 6.07) is 9.91. The van der Waals surface area contributed by atoms with Gasteiger partial charge in [-0.1, -0.05) is 26.0 Å². The van der Waals surface area contributed by atoms with Crippen LogP contribution in [0, 0.1) is 5.92 Å². The largest absolute Gasteiger partial charge is 0.491 e. The Hall–Kier alpha value is -3.41. The smallest absolute Gasteiger partial charge is 0.339 e. The van der Waals surface area contributed by atoms with Crippen LogP contribution < -0.4 is 10.1 Å². The maximum absolute atomic E-state index is 14.3. The Kier molecular flexibility index (Phi) is 8.94. The lowest BCUT2D eigenvalue weighted by Crippen LogP contribution is -2.12. The van der Waals surface area contributed by atoms with Crippen molar-refractivity contribution in [2.24, 2.45) is 5.92 Å². The Balaban J connectivity index is 1.72. The molecule has 1 aromatic carbocycles. The summed E-state index contributed by atoms with van der Waals surface area (Å²) in [5, 5.41) is 15.3. The molecule has 0 saturated carbocycles. The van der Waals surface area contributed by atoms with Crippen LogP contribution in [0.1, 0.15) is 41.6 Å². The number of thiazole rings is 1. The van der Waals surface area contributed by atoms with E-state index in [4.69, 9.17) is 14.5 Å². The van der Waals surface area contributed by atoms with Crippen molar-refractivity contribution in [3.8, 4) is 27.4 Å². The van der Waals surface area contributed by atoms with Gasteiger partial charge < -0.3 is 19.9 Å². The average Bonchev–Trinajstić information content (AvgIpc) is 3.54. The molecule has 0 unspecified atom stereocenters. The molecule has 0 aliphatic heterocycles. The lowest BCUT2D eigenvalue weighted by atomic mass is 10.0. The van der Waals surface area contributed by atoms with Crippen LogP contribution in [-0.4, -0.2) is 41.4 Å². The highest BCUT2D eigenvalue weighted by molar-refractivity contribution is 7.16. The average molecular weight is 574 g/mol. The van der Waals surface area contributed by atoms with E-state index in [-0.39, 0.29) is 35.9 Å². The maximum atomic E-state index is 14.3. The number of carbonyl (C=O) groups is 1. The Morgan fingerprint density at radius 3 is 2.62 bits per heavy atom. The van der Waals surface area contributed by atoms with E-state index in [0.717, 1.165) is 16.7 Å². The molecule has 3 heterocycles. The molecule has 11 heteroatoms. The molecule has 2 N–H and O–H groups in total. The first-order valence-electron chi connectivity index (χ1n) is 12.2. The molecular weight excluding hydrogens is 544 g/mol. The summed E-state index contributed by atoms with van der Waals surface area (Å²) in [6.07, 6.45) is 2.31. The molecule has 206 valence electrons. The maximum Gasteiger partial charge on any atom is 0.339 e. The minimum absolute atomic E-state index is 0.0198. The third-order valence-corrected chi connectivity index (χ3v) is 7.63. The number of aromatic carboxylic acids is 1. The number of carboxylic acid groups (broad SMARTS) is 1. The van der Waals surface area contributed by atoms with Crippen molar-refractivity contribution >= 4 is 39.6 Å². The van der Waals surface area contributed by atoms with Gasteiger partial charge in [-0.25, -0.2) is 23.5 Å². The second-order valence-electron chi connectivity index (χ2n) is 9.36. The summed E-state index contributed by atoms with van der Waals surface area (Å²) in [5.41, 5.74) is 1.75. The number of nitrogens with zero attached hydrogens (tertiary/aromatic N) is 2. The van der Waals surface area contributed by atoms with E-state index in [1.807, 2.05) is 17.5 Å². The van der Waals surface area contributed by atoms with E-state index in [9.17, 15) is 18.7 Å². The molecule has 0 aliphatic rings. The van der Waals surface area contributed by atoms with Crippen molar-refractivity contribution in [3.63, 3.8) is 0 Å². The third kappa shape index (κ3) is 6.97. The van der Waals surface area contributed by atoms with Crippen LogP contribution in [0.25, 0.3) is 21.7 Å². The van der Waals surface area contributed by atoms with Crippen LogP contribution in [0.15, 0.2) is 48.0 Å². The zero-order valence-corrected chi connectivity index (χ0v) is 23.6. The number of alkyl halides is 2. The predicted molar refractivity (Wildman–Crippen MR) is 151 cm³/mol. The first kappa shape index (κ1) is 28.6. The fourth-order valence-corrected chi connectivity index (χ4v) is 5.84. The van der Waals surface area contributed by atoms with Gasteiger partial charge in [0.25, 0.3) is 5.92 Å². The number of pyridine rings is 1. The summed E-state index contributed by atoms with van der Waals surface area (Å²) >= 11 is 2.87. The Morgan fingerprint density at radius 2 is 1.97 bits per heavy atom. The molecule has 3 aromatic heterocycles. The van der Waals surface area contributed by atoms with Crippen molar-refractivity contribution in [3.05, 3.63) is 64.0 Å². The molecule has 0 spiro atoms. The molecule has 0 fully saturated rings. The first-order chi connectivity index (χ1) is 18.6.